The number of aryl methyl sites for hydroxylation is 1. The van der Waals surface area contributed by atoms with E-state index < -0.39 is 0 Å². The number of rotatable bonds is 2. The van der Waals surface area contributed by atoms with Crippen molar-refractivity contribution >= 4 is 11.8 Å². The van der Waals surface area contributed by atoms with E-state index in [9.17, 15) is 5.11 Å². The normalized spacial score (nSPS) is 19.6. The Balaban J connectivity index is 1.73. The first-order valence-electron chi connectivity index (χ1n) is 11.2. The summed E-state index contributed by atoms with van der Waals surface area (Å²) in [5, 5.41) is 17.0. The second kappa shape index (κ2) is 11.7. The third-order valence-electron chi connectivity index (χ3n) is 5.55. The van der Waals surface area contributed by atoms with Crippen LogP contribution in [0.2, 0.25) is 0 Å². The van der Waals surface area contributed by atoms with Gasteiger partial charge in [-0.25, -0.2) is 4.98 Å². The molecule has 1 aliphatic rings. The molecule has 2 bridgehead atoms. The van der Waals surface area contributed by atoms with E-state index in [2.05, 4.69) is 33.6 Å². The van der Waals surface area contributed by atoms with Crippen LogP contribution in [-0.4, -0.2) is 39.3 Å². The molecule has 0 amide bonds. The molecule has 3 N–H and O–H groups in total. The van der Waals surface area contributed by atoms with Crippen LogP contribution in [0.3, 0.4) is 0 Å². The third kappa shape index (κ3) is 6.96. The summed E-state index contributed by atoms with van der Waals surface area (Å²) < 4.78 is 0. The lowest BCUT2D eigenvalue weighted by atomic mass is 10.0. The Morgan fingerprint density at radius 3 is 2.41 bits per heavy atom. The highest BCUT2D eigenvalue weighted by Crippen LogP contribution is 2.25. The van der Waals surface area contributed by atoms with Gasteiger partial charge in [0, 0.05) is 25.5 Å². The van der Waals surface area contributed by atoms with Gasteiger partial charge in [0.15, 0.2) is 0 Å². The highest BCUT2D eigenvalue weighted by Gasteiger charge is 2.11. The Morgan fingerprint density at radius 1 is 0.897 bits per heavy atom. The molecular formula is C23H35N5O. The lowest BCUT2D eigenvalue weighted by Crippen LogP contribution is -2.11. The largest absolute Gasteiger partial charge is 0.393 e. The Bertz CT molecular complexity index is 735. The van der Waals surface area contributed by atoms with Crippen LogP contribution in [0.5, 0.6) is 0 Å². The monoisotopic (exact) mass is 397 g/mol. The zero-order valence-corrected chi connectivity index (χ0v) is 17.7. The molecule has 0 aliphatic carbocycles. The molecule has 1 atom stereocenters. The van der Waals surface area contributed by atoms with Gasteiger partial charge >= 0.3 is 0 Å². The lowest BCUT2D eigenvalue weighted by molar-refractivity contribution is 0.148. The summed E-state index contributed by atoms with van der Waals surface area (Å²) in [7, 11) is 0. The van der Waals surface area contributed by atoms with Crippen LogP contribution in [0.4, 0.5) is 11.8 Å². The fourth-order valence-corrected chi connectivity index (χ4v) is 3.67. The molecule has 2 aromatic rings. The van der Waals surface area contributed by atoms with Crippen LogP contribution >= 0.6 is 0 Å². The molecule has 6 heteroatoms. The van der Waals surface area contributed by atoms with Crippen molar-refractivity contribution in [1.82, 2.24) is 15.0 Å². The van der Waals surface area contributed by atoms with Crippen molar-refractivity contribution in [2.45, 2.75) is 77.2 Å². The molecule has 0 spiro atoms. The van der Waals surface area contributed by atoms with Crippen LogP contribution in [0.15, 0.2) is 24.5 Å². The molecule has 3 rings (SSSR count). The molecule has 0 saturated heterocycles. The van der Waals surface area contributed by atoms with Crippen LogP contribution in [0.1, 0.15) is 70.3 Å². The molecule has 0 aromatic carbocycles. The first kappa shape index (κ1) is 21.5. The van der Waals surface area contributed by atoms with Gasteiger partial charge in [-0.2, -0.15) is 4.98 Å². The zero-order chi connectivity index (χ0) is 20.3. The van der Waals surface area contributed by atoms with E-state index in [1.165, 1.54) is 24.8 Å². The summed E-state index contributed by atoms with van der Waals surface area (Å²) in [5.41, 5.74) is 3.03. The predicted octanol–water partition coefficient (Wildman–Crippen LogP) is 4.81. The number of hydrogen-bond acceptors (Lipinski definition) is 6. The van der Waals surface area contributed by atoms with Crippen LogP contribution in [0.25, 0.3) is 11.3 Å². The Hall–Kier alpha value is -2.21. The number of aromatic nitrogens is 3. The fourth-order valence-electron chi connectivity index (χ4n) is 3.67. The third-order valence-corrected chi connectivity index (χ3v) is 5.55. The van der Waals surface area contributed by atoms with E-state index in [0.29, 0.717) is 5.95 Å². The average Bonchev–Trinajstić information content (AvgIpc) is 2.75. The number of pyridine rings is 1. The van der Waals surface area contributed by atoms with Gasteiger partial charge in [-0.1, -0.05) is 38.7 Å². The molecule has 0 fully saturated rings. The zero-order valence-electron chi connectivity index (χ0n) is 17.7. The SMILES string of the molecule is CCc1ccc(-c2cnc3nc2NCCCCC(O)CCCCCCCN3)nc1. The first-order chi connectivity index (χ1) is 14.3. The molecule has 6 nitrogen and oxygen atoms in total. The summed E-state index contributed by atoms with van der Waals surface area (Å²) in [6.07, 6.45) is 14.3. The molecule has 29 heavy (non-hydrogen) atoms. The summed E-state index contributed by atoms with van der Waals surface area (Å²) in [4.78, 5) is 13.9. The van der Waals surface area contributed by atoms with Crippen LogP contribution < -0.4 is 10.6 Å². The molecule has 1 unspecified atom stereocenters. The first-order valence-corrected chi connectivity index (χ1v) is 11.2. The molecule has 2 aromatic heterocycles. The van der Waals surface area contributed by atoms with E-state index >= 15 is 0 Å². The average molecular weight is 398 g/mol. The van der Waals surface area contributed by atoms with Gasteiger partial charge in [-0.05, 0) is 50.2 Å². The summed E-state index contributed by atoms with van der Waals surface area (Å²) >= 11 is 0. The van der Waals surface area contributed by atoms with Gasteiger partial charge in [0.2, 0.25) is 5.95 Å². The number of fused-ring (bicyclic) bond motifs is 2. The number of aliphatic hydroxyl groups is 1. The van der Waals surface area contributed by atoms with Crippen LogP contribution in [-0.2, 0) is 6.42 Å². The van der Waals surface area contributed by atoms with E-state index in [0.717, 1.165) is 75.1 Å². The van der Waals surface area contributed by atoms with E-state index in [1.807, 2.05) is 18.5 Å². The maximum Gasteiger partial charge on any atom is 0.224 e. The summed E-state index contributed by atoms with van der Waals surface area (Å²) in [6, 6.07) is 4.16. The Kier molecular flexibility index (Phi) is 8.68. The van der Waals surface area contributed by atoms with Crippen molar-refractivity contribution in [2.75, 3.05) is 23.7 Å². The van der Waals surface area contributed by atoms with Crippen molar-refractivity contribution in [3.8, 4) is 11.3 Å². The molecule has 0 radical (unpaired) electrons. The highest BCUT2D eigenvalue weighted by molar-refractivity contribution is 5.72. The summed E-state index contributed by atoms with van der Waals surface area (Å²) in [6.45, 7) is 3.83. The smallest absolute Gasteiger partial charge is 0.224 e. The molecule has 0 saturated carbocycles. The lowest BCUT2D eigenvalue weighted by Gasteiger charge is -2.13. The maximum absolute atomic E-state index is 10.2. The van der Waals surface area contributed by atoms with Gasteiger partial charge in [0.1, 0.15) is 5.82 Å². The number of hydrogen-bond donors (Lipinski definition) is 3. The van der Waals surface area contributed by atoms with E-state index in [-0.39, 0.29) is 6.10 Å². The standard InChI is InChI=1S/C23H35N5O/c1-2-18-12-13-21(26-16-18)20-17-27-23-25-15-8-5-3-4-6-10-19(29)11-7-9-14-24-22(20)28-23/h12-13,16-17,19,29H,2-11,14-15H2,1H3,(H2,24,25,27,28). The van der Waals surface area contributed by atoms with Gasteiger partial charge in [0.05, 0.1) is 17.4 Å². The Labute approximate surface area is 174 Å². The van der Waals surface area contributed by atoms with Crippen molar-refractivity contribution < 1.29 is 5.11 Å². The minimum absolute atomic E-state index is 0.158. The fraction of sp³-hybridized carbons (Fsp3) is 0.609. The quantitative estimate of drug-likeness (QED) is 0.674. The molecular weight excluding hydrogens is 362 g/mol. The van der Waals surface area contributed by atoms with Gasteiger partial charge in [0.25, 0.3) is 0 Å². The topological polar surface area (TPSA) is 83.0 Å². The minimum atomic E-state index is -0.158. The maximum atomic E-state index is 10.2. The van der Waals surface area contributed by atoms with E-state index in [4.69, 9.17) is 4.98 Å². The van der Waals surface area contributed by atoms with Crippen molar-refractivity contribution in [1.29, 1.82) is 0 Å². The minimum Gasteiger partial charge on any atom is -0.393 e. The van der Waals surface area contributed by atoms with Crippen molar-refractivity contribution in [3.63, 3.8) is 0 Å². The van der Waals surface area contributed by atoms with Crippen LogP contribution in [0, 0.1) is 0 Å². The predicted molar refractivity (Wildman–Crippen MR) is 119 cm³/mol. The second-order valence-corrected chi connectivity index (χ2v) is 7.92. The van der Waals surface area contributed by atoms with Gasteiger partial charge in [-0.3, -0.25) is 4.98 Å². The highest BCUT2D eigenvalue weighted by atomic mass is 16.3. The van der Waals surface area contributed by atoms with Crippen molar-refractivity contribution in [3.05, 3.63) is 30.1 Å². The number of anilines is 2. The molecule has 158 valence electrons. The van der Waals surface area contributed by atoms with E-state index in [1.54, 1.807) is 0 Å². The summed E-state index contributed by atoms with van der Waals surface area (Å²) in [5.74, 6) is 1.49. The molecule has 3 heterocycles. The second-order valence-electron chi connectivity index (χ2n) is 7.92. The number of nitrogens with zero attached hydrogens (tertiary/aromatic N) is 3. The molecule has 1 aliphatic heterocycles. The number of nitrogens with one attached hydrogen (secondary N) is 2. The van der Waals surface area contributed by atoms with Gasteiger partial charge < -0.3 is 15.7 Å². The van der Waals surface area contributed by atoms with Gasteiger partial charge in [-0.15, -0.1) is 0 Å². The number of aliphatic hydroxyl groups excluding tert-OH is 1. The van der Waals surface area contributed by atoms with Crippen molar-refractivity contribution in [2.24, 2.45) is 0 Å². The Morgan fingerprint density at radius 2 is 1.62 bits per heavy atom.